The maximum Gasteiger partial charge on any atom is 0.234 e. The van der Waals surface area contributed by atoms with Crippen molar-refractivity contribution in [1.82, 2.24) is 25.1 Å². The van der Waals surface area contributed by atoms with E-state index < -0.39 is 5.54 Å². The van der Waals surface area contributed by atoms with Crippen LogP contribution in [0.2, 0.25) is 0 Å². The number of tetrazole rings is 1. The quantitative estimate of drug-likeness (QED) is 0.736. The molecule has 1 aliphatic rings. The molecule has 0 bridgehead atoms. The molecule has 3 rings (SSSR count). The van der Waals surface area contributed by atoms with Gasteiger partial charge >= 0.3 is 0 Å². The van der Waals surface area contributed by atoms with Gasteiger partial charge in [-0.05, 0) is 48.2 Å². The molecule has 2 aromatic rings. The van der Waals surface area contributed by atoms with Gasteiger partial charge in [0, 0.05) is 7.05 Å². The first-order chi connectivity index (χ1) is 13.0. The topological polar surface area (TPSA) is 87.7 Å². The Labute approximate surface area is 163 Å². The maximum absolute atomic E-state index is 12.8. The van der Waals surface area contributed by atoms with Crippen molar-refractivity contribution in [1.29, 1.82) is 5.26 Å². The highest BCUT2D eigenvalue weighted by atomic mass is 32.2. The summed E-state index contributed by atoms with van der Waals surface area (Å²) in [4.78, 5) is 14.4. The number of aryl methyl sites for hydroxylation is 2. The lowest BCUT2D eigenvalue weighted by atomic mass is 9.81. The molecule has 1 saturated carbocycles. The third-order valence-corrected chi connectivity index (χ3v) is 6.23. The fourth-order valence-electron chi connectivity index (χ4n) is 3.67. The number of amides is 1. The molecule has 1 heterocycles. The lowest BCUT2D eigenvalue weighted by Crippen LogP contribution is -2.50. The van der Waals surface area contributed by atoms with Crippen LogP contribution >= 0.6 is 11.8 Å². The number of rotatable bonds is 5. The average molecular weight is 385 g/mol. The lowest BCUT2D eigenvalue weighted by molar-refractivity contribution is -0.131. The third-order valence-electron chi connectivity index (χ3n) is 5.32. The number of thioether (sulfide) groups is 1. The molecule has 27 heavy (non-hydrogen) atoms. The molecule has 1 fully saturated rings. The van der Waals surface area contributed by atoms with Crippen LogP contribution < -0.4 is 0 Å². The normalized spacial score (nSPS) is 15.9. The van der Waals surface area contributed by atoms with E-state index in [-0.39, 0.29) is 11.7 Å². The number of benzene rings is 1. The molecule has 1 aliphatic carbocycles. The van der Waals surface area contributed by atoms with Gasteiger partial charge in [0.1, 0.15) is 5.54 Å². The van der Waals surface area contributed by atoms with E-state index >= 15 is 0 Å². The Kier molecular flexibility index (Phi) is 5.80. The standard InChI is InChI=1S/C19H24N6OS/c1-14-8-7-9-15(2)17(14)25-18(21-22-23-25)27-12-16(26)24(3)19(13-20)10-5-4-6-11-19/h7-9H,4-6,10-12H2,1-3H3. The van der Waals surface area contributed by atoms with E-state index in [1.54, 1.807) is 16.6 Å². The predicted octanol–water partition coefficient (Wildman–Crippen LogP) is 3.06. The van der Waals surface area contributed by atoms with E-state index in [9.17, 15) is 10.1 Å². The minimum Gasteiger partial charge on any atom is -0.326 e. The van der Waals surface area contributed by atoms with Gasteiger partial charge in [-0.25, -0.2) is 0 Å². The summed E-state index contributed by atoms with van der Waals surface area (Å²) in [5.74, 6) is 0.130. The number of carbonyl (C=O) groups excluding carboxylic acids is 1. The molecule has 0 unspecified atom stereocenters. The molecular weight excluding hydrogens is 360 g/mol. The number of hydrogen-bond donors (Lipinski definition) is 0. The smallest absolute Gasteiger partial charge is 0.234 e. The number of aromatic nitrogens is 4. The minimum absolute atomic E-state index is 0.0699. The Hall–Kier alpha value is -2.40. The molecule has 0 aliphatic heterocycles. The van der Waals surface area contributed by atoms with Gasteiger partial charge in [-0.2, -0.15) is 9.94 Å². The lowest BCUT2D eigenvalue weighted by Gasteiger charge is -2.39. The SMILES string of the molecule is Cc1cccc(C)c1-n1nnnc1SCC(=O)N(C)C1(C#N)CCCCC1. The van der Waals surface area contributed by atoms with Gasteiger partial charge < -0.3 is 4.90 Å². The van der Waals surface area contributed by atoms with Crippen molar-refractivity contribution in [3.8, 4) is 11.8 Å². The Morgan fingerprint density at radius 1 is 1.30 bits per heavy atom. The number of para-hydroxylation sites is 1. The fraction of sp³-hybridized carbons (Fsp3) is 0.526. The third kappa shape index (κ3) is 3.83. The van der Waals surface area contributed by atoms with Crippen LogP contribution in [0, 0.1) is 25.2 Å². The van der Waals surface area contributed by atoms with Crippen LogP contribution in [0.3, 0.4) is 0 Å². The van der Waals surface area contributed by atoms with Gasteiger partial charge in [0.05, 0.1) is 17.5 Å². The minimum atomic E-state index is -0.672. The maximum atomic E-state index is 12.8. The second-order valence-electron chi connectivity index (χ2n) is 7.06. The van der Waals surface area contributed by atoms with Crippen molar-refractivity contribution in [3.63, 3.8) is 0 Å². The molecule has 0 N–H and O–H groups in total. The summed E-state index contributed by atoms with van der Waals surface area (Å²) in [6.07, 6.45) is 4.60. The first kappa shape index (κ1) is 19.4. The van der Waals surface area contributed by atoms with Crippen LogP contribution in [0.1, 0.15) is 43.2 Å². The molecule has 1 aromatic carbocycles. The molecule has 1 amide bonds. The summed E-state index contributed by atoms with van der Waals surface area (Å²) < 4.78 is 1.68. The highest BCUT2D eigenvalue weighted by molar-refractivity contribution is 7.99. The molecule has 0 saturated heterocycles. The van der Waals surface area contributed by atoms with Gasteiger partial charge in [-0.1, -0.05) is 49.2 Å². The number of hydrogen-bond acceptors (Lipinski definition) is 6. The molecule has 1 aromatic heterocycles. The fourth-order valence-corrected chi connectivity index (χ4v) is 4.46. The summed E-state index contributed by atoms with van der Waals surface area (Å²) >= 11 is 1.30. The van der Waals surface area contributed by atoms with Crippen molar-refractivity contribution in [3.05, 3.63) is 29.3 Å². The summed E-state index contributed by atoms with van der Waals surface area (Å²) in [6.45, 7) is 4.02. The summed E-state index contributed by atoms with van der Waals surface area (Å²) in [5.41, 5.74) is 2.40. The molecule has 0 radical (unpaired) electrons. The predicted molar refractivity (Wildman–Crippen MR) is 104 cm³/mol. The Morgan fingerprint density at radius 3 is 2.59 bits per heavy atom. The van der Waals surface area contributed by atoms with Crippen LogP contribution in [0.4, 0.5) is 0 Å². The Morgan fingerprint density at radius 2 is 1.96 bits per heavy atom. The highest BCUT2D eigenvalue weighted by Crippen LogP contribution is 2.33. The van der Waals surface area contributed by atoms with Gasteiger partial charge in [-0.15, -0.1) is 5.10 Å². The summed E-state index contributed by atoms with van der Waals surface area (Å²) in [6, 6.07) is 8.41. The molecule has 0 spiro atoms. The zero-order valence-corrected chi connectivity index (χ0v) is 16.8. The van der Waals surface area contributed by atoms with Crippen molar-refractivity contribution in [2.24, 2.45) is 0 Å². The zero-order valence-electron chi connectivity index (χ0n) is 16.0. The van der Waals surface area contributed by atoms with Crippen LogP contribution in [0.25, 0.3) is 5.69 Å². The van der Waals surface area contributed by atoms with Crippen molar-refractivity contribution < 1.29 is 4.79 Å². The van der Waals surface area contributed by atoms with Crippen molar-refractivity contribution in [2.45, 2.75) is 56.6 Å². The van der Waals surface area contributed by atoms with E-state index in [0.717, 1.165) is 48.9 Å². The molecule has 142 valence electrons. The van der Waals surface area contributed by atoms with E-state index in [2.05, 4.69) is 21.6 Å². The van der Waals surface area contributed by atoms with Crippen LogP contribution in [0.15, 0.2) is 23.4 Å². The van der Waals surface area contributed by atoms with Crippen LogP contribution in [-0.4, -0.2) is 49.4 Å². The van der Waals surface area contributed by atoms with E-state index in [0.29, 0.717) is 5.16 Å². The monoisotopic (exact) mass is 384 g/mol. The van der Waals surface area contributed by atoms with E-state index in [1.807, 2.05) is 32.0 Å². The molecule has 8 heteroatoms. The average Bonchev–Trinajstić information content (AvgIpc) is 3.14. The molecule has 7 nitrogen and oxygen atoms in total. The Balaban J connectivity index is 1.74. The number of nitrogens with zero attached hydrogens (tertiary/aromatic N) is 6. The van der Waals surface area contributed by atoms with Gasteiger partial charge in [0.2, 0.25) is 11.1 Å². The van der Waals surface area contributed by atoms with Crippen molar-refractivity contribution >= 4 is 17.7 Å². The van der Waals surface area contributed by atoms with Gasteiger partial charge in [0.25, 0.3) is 0 Å². The van der Waals surface area contributed by atoms with Gasteiger partial charge in [-0.3, -0.25) is 4.79 Å². The van der Waals surface area contributed by atoms with Crippen molar-refractivity contribution in [2.75, 3.05) is 12.8 Å². The molecule has 0 atom stereocenters. The number of carbonyl (C=O) groups is 1. The first-order valence-corrected chi connectivity index (χ1v) is 10.1. The zero-order chi connectivity index (χ0) is 19.4. The summed E-state index contributed by atoms with van der Waals surface area (Å²) in [7, 11) is 1.74. The highest BCUT2D eigenvalue weighted by Gasteiger charge is 2.38. The van der Waals surface area contributed by atoms with E-state index in [1.165, 1.54) is 11.8 Å². The number of nitriles is 1. The summed E-state index contributed by atoms with van der Waals surface area (Å²) in [5, 5.41) is 22.2. The second-order valence-corrected chi connectivity index (χ2v) is 8.00. The Bertz CT molecular complexity index is 845. The first-order valence-electron chi connectivity index (χ1n) is 9.14. The van der Waals surface area contributed by atoms with E-state index in [4.69, 9.17) is 0 Å². The van der Waals surface area contributed by atoms with Gasteiger partial charge in [0.15, 0.2) is 0 Å². The largest absolute Gasteiger partial charge is 0.326 e. The van der Waals surface area contributed by atoms with Crippen LogP contribution in [0.5, 0.6) is 0 Å². The molecular formula is C19H24N6OS. The van der Waals surface area contributed by atoms with Crippen LogP contribution in [-0.2, 0) is 4.79 Å². The second kappa shape index (κ2) is 8.09.